The predicted octanol–water partition coefficient (Wildman–Crippen LogP) is 3.99. The van der Waals surface area contributed by atoms with Crippen LogP contribution in [-0.2, 0) is 25.6 Å². The molecule has 0 aromatic heterocycles. The maximum Gasteiger partial charge on any atom is 0.248 e. The van der Waals surface area contributed by atoms with E-state index in [1.54, 1.807) is 14.2 Å². The largest absolute Gasteiger partial charge is 0.497 e. The van der Waals surface area contributed by atoms with Crippen molar-refractivity contribution in [3.8, 4) is 11.5 Å². The van der Waals surface area contributed by atoms with Gasteiger partial charge in [0, 0.05) is 51.9 Å². The summed E-state index contributed by atoms with van der Waals surface area (Å²) in [5.41, 5.74) is 3.33. The normalized spacial score (nSPS) is 24.2. The first-order chi connectivity index (χ1) is 20.6. The number of likely N-dealkylation sites (tertiary alicyclic amines) is 1. The molecule has 2 saturated heterocycles. The Kier molecular flexibility index (Phi) is 11.0. The Hall–Kier alpha value is -2.85. The fourth-order valence-electron chi connectivity index (χ4n) is 6.42. The summed E-state index contributed by atoms with van der Waals surface area (Å²) >= 11 is 0. The van der Waals surface area contributed by atoms with Crippen molar-refractivity contribution < 1.29 is 28.5 Å². The molecule has 0 unspecified atom stereocenters. The molecule has 3 heterocycles. The molecular formula is C33H47N3O6. The molecule has 0 aliphatic carbocycles. The molecule has 3 aliphatic rings. The highest BCUT2D eigenvalue weighted by molar-refractivity contribution is 5.77. The van der Waals surface area contributed by atoms with Gasteiger partial charge in [-0.2, -0.15) is 0 Å². The van der Waals surface area contributed by atoms with Gasteiger partial charge in [0.25, 0.3) is 0 Å². The lowest BCUT2D eigenvalue weighted by atomic mass is 9.85. The van der Waals surface area contributed by atoms with Gasteiger partial charge in [0.2, 0.25) is 5.91 Å². The number of ether oxygens (including phenoxy) is 5. The summed E-state index contributed by atoms with van der Waals surface area (Å²) in [6.07, 6.45) is 3.93. The molecule has 1 N–H and O–H groups in total. The van der Waals surface area contributed by atoms with Crippen molar-refractivity contribution in [3.05, 3.63) is 53.6 Å². The number of benzene rings is 2. The van der Waals surface area contributed by atoms with Crippen LogP contribution in [-0.4, -0.2) is 95.8 Å². The van der Waals surface area contributed by atoms with E-state index in [0.29, 0.717) is 26.3 Å². The van der Waals surface area contributed by atoms with Crippen molar-refractivity contribution in [2.24, 2.45) is 0 Å². The summed E-state index contributed by atoms with van der Waals surface area (Å²) in [7, 11) is 3.41. The number of nitrogens with zero attached hydrogens (tertiary/aromatic N) is 2. The minimum atomic E-state index is -0.200. The first kappa shape index (κ1) is 30.6. The van der Waals surface area contributed by atoms with Crippen molar-refractivity contribution >= 4 is 11.6 Å². The molecule has 4 atom stereocenters. The Balaban J connectivity index is 1.29. The van der Waals surface area contributed by atoms with Crippen LogP contribution in [0, 0.1) is 0 Å². The number of amides is 1. The van der Waals surface area contributed by atoms with E-state index in [1.807, 2.05) is 17.0 Å². The molecule has 3 aliphatic heterocycles. The fourth-order valence-corrected chi connectivity index (χ4v) is 6.42. The SMILES string of the molecule is COCCCN1CCOc2ccc(CO[C@H]3CNC[C@@H](OCC(=O)N4CCCC[C@H]4C)[C@@H]3c3ccc(OC)cc3)cc21. The minimum Gasteiger partial charge on any atom is -0.497 e. The maximum absolute atomic E-state index is 13.1. The van der Waals surface area contributed by atoms with E-state index >= 15 is 0 Å². The van der Waals surface area contributed by atoms with E-state index in [1.165, 1.54) is 6.42 Å². The summed E-state index contributed by atoms with van der Waals surface area (Å²) in [6.45, 7) is 8.07. The number of hydrogen-bond acceptors (Lipinski definition) is 8. The van der Waals surface area contributed by atoms with Crippen LogP contribution in [0.1, 0.15) is 49.7 Å². The zero-order chi connectivity index (χ0) is 29.3. The summed E-state index contributed by atoms with van der Waals surface area (Å²) in [5.74, 6) is 1.77. The van der Waals surface area contributed by atoms with Gasteiger partial charge in [-0.15, -0.1) is 0 Å². The zero-order valence-corrected chi connectivity index (χ0v) is 25.4. The first-order valence-corrected chi connectivity index (χ1v) is 15.4. The highest BCUT2D eigenvalue weighted by Crippen LogP contribution is 2.35. The number of fused-ring (bicyclic) bond motifs is 1. The number of methoxy groups -OCH3 is 2. The van der Waals surface area contributed by atoms with Gasteiger partial charge >= 0.3 is 0 Å². The van der Waals surface area contributed by atoms with Crippen LogP contribution in [0.4, 0.5) is 5.69 Å². The lowest BCUT2D eigenvalue weighted by Gasteiger charge is -2.39. The number of rotatable bonds is 12. The highest BCUT2D eigenvalue weighted by atomic mass is 16.5. The Bertz CT molecular complexity index is 1150. The molecule has 230 valence electrons. The summed E-state index contributed by atoms with van der Waals surface area (Å²) in [6, 6.07) is 14.7. The van der Waals surface area contributed by atoms with Crippen LogP contribution < -0.4 is 19.7 Å². The molecule has 9 heteroatoms. The summed E-state index contributed by atoms with van der Waals surface area (Å²) < 4.78 is 29.6. The quantitative estimate of drug-likeness (QED) is 0.377. The number of piperidine rings is 2. The van der Waals surface area contributed by atoms with Gasteiger partial charge in [-0.05, 0) is 68.0 Å². The van der Waals surface area contributed by atoms with Gasteiger partial charge in [0.05, 0.1) is 38.2 Å². The van der Waals surface area contributed by atoms with Crippen molar-refractivity contribution in [3.63, 3.8) is 0 Å². The molecule has 2 aromatic rings. The molecule has 2 fully saturated rings. The van der Waals surface area contributed by atoms with E-state index in [9.17, 15) is 4.79 Å². The van der Waals surface area contributed by atoms with E-state index in [0.717, 1.165) is 73.8 Å². The number of carbonyl (C=O) groups excluding carboxylic acids is 1. The lowest BCUT2D eigenvalue weighted by molar-refractivity contribution is -0.144. The van der Waals surface area contributed by atoms with Crippen LogP contribution in [0.3, 0.4) is 0 Å². The molecule has 9 nitrogen and oxygen atoms in total. The van der Waals surface area contributed by atoms with Gasteiger partial charge in [-0.25, -0.2) is 0 Å². The number of carbonyl (C=O) groups is 1. The summed E-state index contributed by atoms with van der Waals surface area (Å²) in [4.78, 5) is 17.5. The molecule has 0 spiro atoms. The van der Waals surface area contributed by atoms with Gasteiger partial charge in [-0.3, -0.25) is 4.79 Å². The Morgan fingerprint density at radius 1 is 1.02 bits per heavy atom. The highest BCUT2D eigenvalue weighted by Gasteiger charge is 2.37. The van der Waals surface area contributed by atoms with Crippen LogP contribution in [0.5, 0.6) is 11.5 Å². The second-order valence-electron chi connectivity index (χ2n) is 11.6. The smallest absolute Gasteiger partial charge is 0.248 e. The zero-order valence-electron chi connectivity index (χ0n) is 25.4. The second-order valence-corrected chi connectivity index (χ2v) is 11.6. The third-order valence-corrected chi connectivity index (χ3v) is 8.76. The van der Waals surface area contributed by atoms with E-state index in [4.69, 9.17) is 23.7 Å². The van der Waals surface area contributed by atoms with E-state index in [2.05, 4.69) is 47.5 Å². The van der Waals surface area contributed by atoms with Crippen molar-refractivity contribution in [1.29, 1.82) is 0 Å². The number of nitrogens with one attached hydrogen (secondary N) is 1. The Labute approximate surface area is 250 Å². The first-order valence-electron chi connectivity index (χ1n) is 15.4. The van der Waals surface area contributed by atoms with Gasteiger partial charge in [-0.1, -0.05) is 18.2 Å². The van der Waals surface area contributed by atoms with Crippen LogP contribution in [0.2, 0.25) is 0 Å². The Morgan fingerprint density at radius 2 is 1.83 bits per heavy atom. The average molecular weight is 582 g/mol. The van der Waals surface area contributed by atoms with E-state index < -0.39 is 0 Å². The van der Waals surface area contributed by atoms with Gasteiger partial charge < -0.3 is 38.8 Å². The number of anilines is 1. The van der Waals surface area contributed by atoms with E-state index in [-0.39, 0.29) is 36.7 Å². The Morgan fingerprint density at radius 3 is 2.60 bits per heavy atom. The van der Waals surface area contributed by atoms with Gasteiger partial charge in [0.15, 0.2) is 0 Å². The van der Waals surface area contributed by atoms with Crippen molar-refractivity contribution in [2.75, 3.05) is 71.7 Å². The molecule has 0 radical (unpaired) electrons. The molecule has 2 aromatic carbocycles. The molecule has 1 amide bonds. The standard InChI is InChI=1S/C33H47N3O6/c1-24-7-4-5-15-36(24)32(37)23-42-31-21-34-20-30(33(31)26-9-11-27(39-3)12-10-26)41-22-25-8-13-29-28(19-25)35(16-18-40-29)14-6-17-38-2/h8-13,19,24,30-31,33-34H,4-7,14-18,20-23H2,1-3H3/t24-,30+,31-,33-/m1/s1. The van der Waals surface area contributed by atoms with Gasteiger partial charge in [0.1, 0.15) is 24.7 Å². The number of hydrogen-bond donors (Lipinski definition) is 1. The van der Waals surface area contributed by atoms with Crippen LogP contribution in [0.15, 0.2) is 42.5 Å². The molecule has 0 saturated carbocycles. The van der Waals surface area contributed by atoms with Crippen molar-refractivity contribution in [2.45, 2.75) is 63.4 Å². The maximum atomic E-state index is 13.1. The topological polar surface area (TPSA) is 81.7 Å². The third-order valence-electron chi connectivity index (χ3n) is 8.76. The molecule has 42 heavy (non-hydrogen) atoms. The third kappa shape index (κ3) is 7.56. The lowest BCUT2D eigenvalue weighted by Crippen LogP contribution is -2.52. The van der Waals surface area contributed by atoms with Crippen LogP contribution in [0.25, 0.3) is 0 Å². The fraction of sp³-hybridized carbons (Fsp3) is 0.606. The minimum absolute atomic E-state index is 0.0322. The summed E-state index contributed by atoms with van der Waals surface area (Å²) in [5, 5.41) is 3.50. The monoisotopic (exact) mass is 581 g/mol. The van der Waals surface area contributed by atoms with Crippen LogP contribution >= 0.6 is 0 Å². The molecule has 0 bridgehead atoms. The average Bonchev–Trinajstić information content (AvgIpc) is 3.03. The van der Waals surface area contributed by atoms with Crippen molar-refractivity contribution in [1.82, 2.24) is 10.2 Å². The molecular weight excluding hydrogens is 534 g/mol. The predicted molar refractivity (Wildman–Crippen MR) is 163 cm³/mol. The second kappa shape index (κ2) is 15.0. The molecule has 5 rings (SSSR count).